The van der Waals surface area contributed by atoms with Crippen molar-refractivity contribution >= 4 is 11.9 Å². The van der Waals surface area contributed by atoms with Gasteiger partial charge in [-0.1, -0.05) is 0 Å². The zero-order valence-corrected chi connectivity index (χ0v) is 17.1. The van der Waals surface area contributed by atoms with Crippen molar-refractivity contribution in [1.29, 1.82) is 0 Å². The molecule has 1 atom stereocenters. The second kappa shape index (κ2) is 8.77. The van der Waals surface area contributed by atoms with Crippen molar-refractivity contribution in [2.45, 2.75) is 33.2 Å². The van der Waals surface area contributed by atoms with Gasteiger partial charge in [-0.2, -0.15) is 5.10 Å². The maximum absolute atomic E-state index is 13.2. The molecular formula is C20H27N3O5. The van der Waals surface area contributed by atoms with E-state index in [0.717, 1.165) is 22.5 Å². The molecule has 0 saturated carbocycles. The van der Waals surface area contributed by atoms with Crippen LogP contribution in [0.1, 0.15) is 35.4 Å². The van der Waals surface area contributed by atoms with Crippen molar-refractivity contribution in [2.24, 2.45) is 7.05 Å². The Morgan fingerprint density at radius 1 is 1.18 bits per heavy atom. The molecular weight excluding hydrogens is 362 g/mol. The summed E-state index contributed by atoms with van der Waals surface area (Å²) < 4.78 is 12.2. The molecule has 2 aromatic rings. The molecule has 8 heteroatoms. The SMILES string of the molecule is COc1cc(CN(CC(=O)O)C(=O)C(C)c2c(C)nn(C)c2C)cc(OC)c1. The fourth-order valence-corrected chi connectivity index (χ4v) is 3.37. The van der Waals surface area contributed by atoms with Crippen LogP contribution in [0.15, 0.2) is 18.2 Å². The number of methoxy groups -OCH3 is 2. The normalized spacial score (nSPS) is 11.8. The molecule has 1 N–H and O–H groups in total. The Kier molecular flexibility index (Phi) is 6.66. The summed E-state index contributed by atoms with van der Waals surface area (Å²) in [4.78, 5) is 25.9. The van der Waals surface area contributed by atoms with Gasteiger partial charge in [0, 0.05) is 30.9 Å². The number of benzene rings is 1. The van der Waals surface area contributed by atoms with Crippen molar-refractivity contribution < 1.29 is 24.2 Å². The number of hydrogen-bond acceptors (Lipinski definition) is 5. The minimum absolute atomic E-state index is 0.126. The minimum atomic E-state index is -1.07. The van der Waals surface area contributed by atoms with E-state index in [1.54, 1.807) is 29.8 Å². The third-order valence-corrected chi connectivity index (χ3v) is 4.79. The number of carbonyl (C=O) groups excluding carboxylic acids is 1. The first-order valence-corrected chi connectivity index (χ1v) is 8.90. The van der Waals surface area contributed by atoms with Crippen LogP contribution < -0.4 is 9.47 Å². The van der Waals surface area contributed by atoms with Crippen molar-refractivity contribution in [3.8, 4) is 11.5 Å². The number of carbonyl (C=O) groups is 2. The highest BCUT2D eigenvalue weighted by molar-refractivity contribution is 5.87. The quantitative estimate of drug-likeness (QED) is 0.744. The fourth-order valence-electron chi connectivity index (χ4n) is 3.37. The van der Waals surface area contributed by atoms with Gasteiger partial charge in [0.2, 0.25) is 5.91 Å². The molecule has 1 heterocycles. The Hall–Kier alpha value is -3.03. The molecule has 0 aliphatic heterocycles. The van der Waals surface area contributed by atoms with E-state index in [-0.39, 0.29) is 12.5 Å². The van der Waals surface area contributed by atoms with Gasteiger partial charge < -0.3 is 19.5 Å². The van der Waals surface area contributed by atoms with E-state index >= 15 is 0 Å². The van der Waals surface area contributed by atoms with Crippen molar-refractivity contribution in [3.63, 3.8) is 0 Å². The first-order chi connectivity index (χ1) is 13.2. The third-order valence-electron chi connectivity index (χ3n) is 4.79. The van der Waals surface area contributed by atoms with Crippen LogP contribution in [-0.2, 0) is 23.2 Å². The smallest absolute Gasteiger partial charge is 0.323 e. The molecule has 152 valence electrons. The van der Waals surface area contributed by atoms with Gasteiger partial charge in [0.15, 0.2) is 0 Å². The van der Waals surface area contributed by atoms with Crippen LogP contribution in [0.5, 0.6) is 11.5 Å². The largest absolute Gasteiger partial charge is 0.497 e. The zero-order valence-electron chi connectivity index (χ0n) is 17.1. The highest BCUT2D eigenvalue weighted by Gasteiger charge is 2.28. The first kappa shape index (κ1) is 21.3. The summed E-state index contributed by atoms with van der Waals surface area (Å²) in [6.07, 6.45) is 0. The number of rotatable bonds is 8. The van der Waals surface area contributed by atoms with Crippen LogP contribution in [0, 0.1) is 13.8 Å². The standard InChI is InChI=1S/C20H27N3O5/c1-12(19-13(2)21-22(4)14(19)3)20(26)23(11-18(24)25)10-15-7-16(27-5)9-17(8-15)28-6/h7-9,12H,10-11H2,1-6H3,(H,24,25). The number of ether oxygens (including phenoxy) is 2. The monoisotopic (exact) mass is 389 g/mol. The topological polar surface area (TPSA) is 93.9 Å². The van der Waals surface area contributed by atoms with Crippen LogP contribution in [-0.4, -0.2) is 52.4 Å². The van der Waals surface area contributed by atoms with Crippen molar-refractivity contribution in [3.05, 3.63) is 40.7 Å². The van der Waals surface area contributed by atoms with Crippen LogP contribution in [0.25, 0.3) is 0 Å². The van der Waals surface area contributed by atoms with E-state index in [9.17, 15) is 14.7 Å². The summed E-state index contributed by atoms with van der Waals surface area (Å²) in [7, 11) is 4.89. The Morgan fingerprint density at radius 3 is 2.18 bits per heavy atom. The van der Waals surface area contributed by atoms with E-state index in [1.165, 1.54) is 19.1 Å². The summed E-state index contributed by atoms with van der Waals surface area (Å²) >= 11 is 0. The molecule has 0 aliphatic carbocycles. The van der Waals surface area contributed by atoms with Gasteiger partial charge in [0.1, 0.15) is 18.0 Å². The predicted octanol–water partition coefficient (Wildman–Crippen LogP) is 2.27. The molecule has 0 fully saturated rings. The lowest BCUT2D eigenvalue weighted by Crippen LogP contribution is -2.38. The van der Waals surface area contributed by atoms with Gasteiger partial charge in [-0.15, -0.1) is 0 Å². The van der Waals surface area contributed by atoms with Crippen molar-refractivity contribution in [1.82, 2.24) is 14.7 Å². The number of carboxylic acid groups (broad SMARTS) is 1. The lowest BCUT2D eigenvalue weighted by molar-refractivity contribution is -0.145. The molecule has 1 amide bonds. The van der Waals surface area contributed by atoms with E-state index < -0.39 is 18.4 Å². The fraction of sp³-hybridized carbons (Fsp3) is 0.450. The highest BCUT2D eigenvalue weighted by Crippen LogP contribution is 2.27. The molecule has 0 saturated heterocycles. The molecule has 0 aliphatic rings. The molecule has 0 radical (unpaired) electrons. The van der Waals surface area contributed by atoms with E-state index in [4.69, 9.17) is 9.47 Å². The molecule has 0 bridgehead atoms. The number of aromatic nitrogens is 2. The van der Waals surface area contributed by atoms with Crippen LogP contribution in [0.2, 0.25) is 0 Å². The zero-order chi connectivity index (χ0) is 21.0. The first-order valence-electron chi connectivity index (χ1n) is 8.90. The van der Waals surface area contributed by atoms with E-state index in [2.05, 4.69) is 5.10 Å². The summed E-state index contributed by atoms with van der Waals surface area (Å²) in [5.41, 5.74) is 3.19. The number of aliphatic carboxylic acids is 1. The van der Waals surface area contributed by atoms with Gasteiger partial charge in [0.25, 0.3) is 0 Å². The van der Waals surface area contributed by atoms with Gasteiger partial charge in [-0.05, 0) is 38.5 Å². The molecule has 28 heavy (non-hydrogen) atoms. The molecule has 8 nitrogen and oxygen atoms in total. The van der Waals surface area contributed by atoms with Crippen molar-refractivity contribution in [2.75, 3.05) is 20.8 Å². The van der Waals surface area contributed by atoms with Gasteiger partial charge in [-0.25, -0.2) is 0 Å². The molecule has 1 unspecified atom stereocenters. The maximum Gasteiger partial charge on any atom is 0.323 e. The lowest BCUT2D eigenvalue weighted by Gasteiger charge is -2.25. The minimum Gasteiger partial charge on any atom is -0.497 e. The number of nitrogens with zero attached hydrogens (tertiary/aromatic N) is 3. The average molecular weight is 389 g/mol. The van der Waals surface area contributed by atoms with Gasteiger partial charge in [0.05, 0.1) is 25.8 Å². The van der Waals surface area contributed by atoms with Crippen LogP contribution in [0.3, 0.4) is 0 Å². The third kappa shape index (κ3) is 4.62. The second-order valence-electron chi connectivity index (χ2n) is 6.74. The predicted molar refractivity (Wildman–Crippen MR) is 104 cm³/mol. The number of aryl methyl sites for hydroxylation is 2. The van der Waals surface area contributed by atoms with E-state index in [0.29, 0.717) is 11.5 Å². The highest BCUT2D eigenvalue weighted by atomic mass is 16.5. The molecule has 2 rings (SSSR count). The summed E-state index contributed by atoms with van der Waals surface area (Å²) in [6.45, 7) is 5.25. The number of carboxylic acids is 1. The second-order valence-corrected chi connectivity index (χ2v) is 6.74. The van der Waals surface area contributed by atoms with Gasteiger partial charge in [-0.3, -0.25) is 14.3 Å². The number of hydrogen-bond donors (Lipinski definition) is 1. The molecule has 1 aromatic heterocycles. The summed E-state index contributed by atoms with van der Waals surface area (Å²) in [5, 5.41) is 13.7. The average Bonchev–Trinajstić information content (AvgIpc) is 2.91. The Morgan fingerprint density at radius 2 is 1.75 bits per heavy atom. The van der Waals surface area contributed by atoms with E-state index in [1.807, 2.05) is 20.9 Å². The lowest BCUT2D eigenvalue weighted by atomic mass is 9.97. The summed E-state index contributed by atoms with van der Waals surface area (Å²) in [6, 6.07) is 5.24. The Labute approximate surface area is 164 Å². The Balaban J connectivity index is 2.35. The molecule has 1 aromatic carbocycles. The Bertz CT molecular complexity index is 853. The maximum atomic E-state index is 13.2. The molecule has 0 spiro atoms. The number of amides is 1. The summed E-state index contributed by atoms with van der Waals surface area (Å²) in [5.74, 6) is -0.716. The van der Waals surface area contributed by atoms with Gasteiger partial charge >= 0.3 is 5.97 Å². The van der Waals surface area contributed by atoms with Crippen LogP contribution >= 0.6 is 0 Å². The van der Waals surface area contributed by atoms with Crippen LogP contribution in [0.4, 0.5) is 0 Å².